The van der Waals surface area contributed by atoms with Gasteiger partial charge in [-0.25, -0.2) is 9.67 Å². The molecule has 7 nitrogen and oxygen atoms in total. The molecule has 0 atom stereocenters. The Labute approximate surface area is 183 Å². The van der Waals surface area contributed by atoms with Gasteiger partial charge in [0.25, 0.3) is 0 Å². The lowest BCUT2D eigenvalue weighted by Crippen LogP contribution is -2.23. The Kier molecular flexibility index (Phi) is 4.50. The lowest BCUT2D eigenvalue weighted by molar-refractivity contribution is 0.587. The summed E-state index contributed by atoms with van der Waals surface area (Å²) >= 11 is 0. The van der Waals surface area contributed by atoms with E-state index >= 15 is 0 Å². The molecular weight excluding hydrogens is 405 g/mol. The van der Waals surface area contributed by atoms with Gasteiger partial charge in [-0.05, 0) is 59.5 Å². The summed E-state index contributed by atoms with van der Waals surface area (Å²) in [6.45, 7) is 2.57. The van der Waals surface area contributed by atoms with Gasteiger partial charge in [0.2, 0.25) is 5.95 Å². The van der Waals surface area contributed by atoms with E-state index in [0.29, 0.717) is 23.5 Å². The third kappa shape index (κ3) is 3.34. The van der Waals surface area contributed by atoms with Crippen LogP contribution in [0.15, 0.2) is 60.9 Å². The highest BCUT2D eigenvalue weighted by Gasteiger charge is 2.15. The van der Waals surface area contributed by atoms with Crippen LogP contribution in [0, 0.1) is 5.95 Å². The number of benzene rings is 2. The average molecular weight is 425 g/mol. The quantitative estimate of drug-likeness (QED) is 0.429. The maximum atomic E-state index is 14.2. The van der Waals surface area contributed by atoms with Crippen molar-refractivity contribution in [1.29, 1.82) is 0 Å². The number of rotatable bonds is 4. The van der Waals surface area contributed by atoms with Crippen molar-refractivity contribution >= 4 is 10.9 Å². The molecule has 5 aromatic rings. The molecule has 0 radical (unpaired) electrons. The number of pyridine rings is 1. The van der Waals surface area contributed by atoms with Crippen molar-refractivity contribution in [3.05, 3.63) is 83.6 Å². The summed E-state index contributed by atoms with van der Waals surface area (Å²) in [6.07, 6.45) is 4.41. The van der Waals surface area contributed by atoms with Gasteiger partial charge in [-0.15, -0.1) is 5.10 Å². The van der Waals surface area contributed by atoms with Crippen LogP contribution in [0.5, 0.6) is 0 Å². The number of hydrogen-bond acceptors (Lipinski definition) is 5. The molecule has 1 aliphatic rings. The summed E-state index contributed by atoms with van der Waals surface area (Å²) in [5.74, 6) is -0.497. The van der Waals surface area contributed by atoms with E-state index in [1.54, 1.807) is 12.1 Å². The first-order valence-corrected chi connectivity index (χ1v) is 10.6. The largest absolute Gasteiger partial charge is 0.312 e. The second-order valence-corrected chi connectivity index (χ2v) is 8.01. The molecule has 0 aliphatic carbocycles. The van der Waals surface area contributed by atoms with Gasteiger partial charge in [0.05, 0.1) is 18.3 Å². The topological polar surface area (TPSA) is 84.3 Å². The second kappa shape index (κ2) is 7.65. The fourth-order valence-corrected chi connectivity index (χ4v) is 4.28. The highest BCUT2D eigenvalue weighted by molar-refractivity contribution is 5.94. The van der Waals surface area contributed by atoms with E-state index < -0.39 is 5.95 Å². The van der Waals surface area contributed by atoms with Crippen molar-refractivity contribution in [1.82, 2.24) is 35.5 Å². The first-order chi connectivity index (χ1) is 15.7. The van der Waals surface area contributed by atoms with Crippen molar-refractivity contribution in [2.75, 3.05) is 6.54 Å². The van der Waals surface area contributed by atoms with E-state index in [0.717, 1.165) is 36.0 Å². The fraction of sp³-hybridized carbons (Fsp3) is 0.167. The highest BCUT2D eigenvalue weighted by Crippen LogP contribution is 2.30. The summed E-state index contributed by atoms with van der Waals surface area (Å²) in [7, 11) is 0. The van der Waals surface area contributed by atoms with Crippen LogP contribution in [-0.2, 0) is 19.5 Å². The molecule has 8 heteroatoms. The Morgan fingerprint density at radius 3 is 2.97 bits per heavy atom. The minimum absolute atomic E-state index is 0.451. The van der Waals surface area contributed by atoms with Gasteiger partial charge in [-0.2, -0.15) is 9.49 Å². The van der Waals surface area contributed by atoms with E-state index in [1.807, 2.05) is 29.1 Å². The van der Waals surface area contributed by atoms with Crippen molar-refractivity contribution in [2.24, 2.45) is 0 Å². The summed E-state index contributed by atoms with van der Waals surface area (Å²) in [5.41, 5.74) is 7.34. The molecule has 6 rings (SSSR count). The Hall–Kier alpha value is -3.91. The molecule has 0 unspecified atom stereocenters. The Morgan fingerprint density at radius 1 is 1.06 bits per heavy atom. The zero-order valence-corrected chi connectivity index (χ0v) is 17.2. The molecule has 0 saturated heterocycles. The summed E-state index contributed by atoms with van der Waals surface area (Å²) in [6, 6.07) is 15.7. The number of hydrogen-bond donors (Lipinski definition) is 2. The van der Waals surface area contributed by atoms with Crippen molar-refractivity contribution in [2.45, 2.75) is 19.5 Å². The molecule has 0 bridgehead atoms. The van der Waals surface area contributed by atoms with Crippen LogP contribution in [-0.4, -0.2) is 36.7 Å². The molecule has 1 aliphatic heterocycles. The molecule has 0 spiro atoms. The maximum absolute atomic E-state index is 14.2. The molecule has 32 heavy (non-hydrogen) atoms. The van der Waals surface area contributed by atoms with Gasteiger partial charge in [0.15, 0.2) is 0 Å². The van der Waals surface area contributed by atoms with Crippen LogP contribution < -0.4 is 5.32 Å². The maximum Gasteiger partial charge on any atom is 0.220 e. The van der Waals surface area contributed by atoms with Crippen LogP contribution >= 0.6 is 0 Å². The number of halogens is 1. The number of aromatic amines is 1. The Morgan fingerprint density at radius 2 is 2.03 bits per heavy atom. The molecule has 2 N–H and O–H groups in total. The van der Waals surface area contributed by atoms with E-state index in [-0.39, 0.29) is 0 Å². The van der Waals surface area contributed by atoms with Gasteiger partial charge in [0.1, 0.15) is 11.4 Å². The van der Waals surface area contributed by atoms with Crippen LogP contribution in [0.25, 0.3) is 33.4 Å². The van der Waals surface area contributed by atoms with Crippen LogP contribution in [0.3, 0.4) is 0 Å². The van der Waals surface area contributed by atoms with Crippen molar-refractivity contribution in [3.63, 3.8) is 0 Å². The summed E-state index contributed by atoms with van der Waals surface area (Å²) in [5, 5.41) is 20.4. The predicted molar refractivity (Wildman–Crippen MR) is 119 cm³/mol. The van der Waals surface area contributed by atoms with E-state index in [1.165, 1.54) is 22.9 Å². The third-order valence-electron chi connectivity index (χ3n) is 5.92. The fourth-order valence-electron chi connectivity index (χ4n) is 4.28. The van der Waals surface area contributed by atoms with Crippen LogP contribution in [0.2, 0.25) is 0 Å². The zero-order valence-electron chi connectivity index (χ0n) is 17.2. The van der Waals surface area contributed by atoms with Gasteiger partial charge < -0.3 is 5.32 Å². The minimum Gasteiger partial charge on any atom is -0.312 e. The van der Waals surface area contributed by atoms with E-state index in [9.17, 15) is 4.39 Å². The SMILES string of the molecule is Fc1ncccc1-c1ccc2[nH]nc(-c3cn(Cc4ccc5c(c4)CNCC5)nn3)c2c1. The molecule has 4 heterocycles. The lowest BCUT2D eigenvalue weighted by atomic mass is 9.98. The van der Waals surface area contributed by atoms with Crippen LogP contribution in [0.1, 0.15) is 16.7 Å². The summed E-state index contributed by atoms with van der Waals surface area (Å²) < 4.78 is 16.0. The highest BCUT2D eigenvalue weighted by atomic mass is 19.1. The second-order valence-electron chi connectivity index (χ2n) is 8.01. The van der Waals surface area contributed by atoms with Crippen molar-refractivity contribution in [3.8, 4) is 22.5 Å². The van der Waals surface area contributed by atoms with E-state index in [2.05, 4.69) is 49.0 Å². The molecular formula is C24H20FN7. The first-order valence-electron chi connectivity index (χ1n) is 10.6. The smallest absolute Gasteiger partial charge is 0.220 e. The number of fused-ring (bicyclic) bond motifs is 2. The minimum atomic E-state index is -0.497. The van der Waals surface area contributed by atoms with Crippen LogP contribution in [0.4, 0.5) is 4.39 Å². The Bertz CT molecular complexity index is 1440. The number of H-pyrrole nitrogens is 1. The number of nitrogens with one attached hydrogen (secondary N) is 2. The summed E-state index contributed by atoms with van der Waals surface area (Å²) in [4.78, 5) is 3.75. The molecule has 158 valence electrons. The van der Waals surface area contributed by atoms with E-state index in [4.69, 9.17) is 0 Å². The molecule has 0 amide bonds. The zero-order chi connectivity index (χ0) is 21.5. The van der Waals surface area contributed by atoms with Gasteiger partial charge in [0, 0.05) is 23.7 Å². The van der Waals surface area contributed by atoms with Gasteiger partial charge in [-0.3, -0.25) is 5.10 Å². The molecule has 3 aromatic heterocycles. The predicted octanol–water partition coefficient (Wildman–Crippen LogP) is 3.72. The van der Waals surface area contributed by atoms with Crippen molar-refractivity contribution < 1.29 is 4.39 Å². The number of nitrogens with zero attached hydrogens (tertiary/aromatic N) is 5. The van der Waals surface area contributed by atoms with Gasteiger partial charge in [-0.1, -0.05) is 29.5 Å². The first kappa shape index (κ1) is 18.8. The normalized spacial score (nSPS) is 13.4. The molecule has 2 aromatic carbocycles. The number of aromatic nitrogens is 6. The third-order valence-corrected chi connectivity index (χ3v) is 5.92. The Balaban J connectivity index is 1.32. The lowest BCUT2D eigenvalue weighted by Gasteiger charge is -2.17. The monoisotopic (exact) mass is 425 g/mol. The molecule has 0 fully saturated rings. The average Bonchev–Trinajstić information content (AvgIpc) is 3.45. The van der Waals surface area contributed by atoms with Gasteiger partial charge >= 0.3 is 0 Å². The molecule has 0 saturated carbocycles. The standard InChI is InChI=1S/C24H20FN7/c25-24-19(2-1-8-27-24)17-5-6-21-20(11-17)23(30-28-21)22-14-32(31-29-22)13-15-3-4-16-7-9-26-12-18(16)10-15/h1-6,8,10-11,14,26H,7,9,12-13H2,(H,28,30).